The molecule has 0 amide bonds. The van der Waals surface area contributed by atoms with Gasteiger partial charge in [0, 0.05) is 12.1 Å². The van der Waals surface area contributed by atoms with Crippen LogP contribution in [0, 0.1) is 0 Å². The second-order valence-electron chi connectivity index (χ2n) is 3.18. The number of ether oxygens (including phenoxy) is 2. The number of rotatable bonds is 5. The Morgan fingerprint density at radius 3 is 2.81 bits per heavy atom. The molecule has 0 aliphatic rings. The zero-order valence-corrected chi connectivity index (χ0v) is 9.40. The predicted octanol–water partition coefficient (Wildman–Crippen LogP) is 1.15. The highest BCUT2D eigenvalue weighted by Gasteiger charge is 2.11. The van der Waals surface area contributed by atoms with Gasteiger partial charge in [-0.25, -0.2) is 9.78 Å². The summed E-state index contributed by atoms with van der Waals surface area (Å²) in [5.41, 5.74) is 0.522. The molecule has 0 saturated heterocycles. The highest BCUT2D eigenvalue weighted by molar-refractivity contribution is 5.87. The van der Waals surface area contributed by atoms with Gasteiger partial charge in [0.05, 0.1) is 26.0 Å². The van der Waals surface area contributed by atoms with Gasteiger partial charge in [-0.2, -0.15) is 0 Å². The first kappa shape index (κ1) is 12.4. The van der Waals surface area contributed by atoms with Gasteiger partial charge in [-0.1, -0.05) is 6.92 Å². The summed E-state index contributed by atoms with van der Waals surface area (Å²) in [5.74, 6) is -0.0297. The van der Waals surface area contributed by atoms with Crippen LogP contribution in [-0.4, -0.2) is 29.8 Å². The third-order valence-corrected chi connectivity index (χ3v) is 1.88. The summed E-state index contributed by atoms with van der Waals surface area (Å²) in [6.07, 6.45) is 0.865. The van der Waals surface area contributed by atoms with Crippen molar-refractivity contribution in [1.29, 1.82) is 0 Å². The quantitative estimate of drug-likeness (QED) is 0.761. The number of methoxy groups -OCH3 is 1. The number of hydrogen-bond donors (Lipinski definition) is 1. The number of carbonyl (C=O) groups excluding carboxylic acids is 1. The number of aromatic nitrogens is 1. The van der Waals surface area contributed by atoms with Crippen molar-refractivity contribution in [2.75, 3.05) is 13.7 Å². The average molecular weight is 225 g/mol. The molecular formula is C11H15NO4. The Bertz CT molecular complexity index is 365. The molecule has 0 aliphatic heterocycles. The summed E-state index contributed by atoms with van der Waals surface area (Å²) >= 11 is 0. The van der Waals surface area contributed by atoms with Crippen molar-refractivity contribution >= 4 is 5.97 Å². The number of nitrogens with zero attached hydrogens (tertiary/aromatic N) is 1. The highest BCUT2D eigenvalue weighted by atomic mass is 16.5. The minimum Gasteiger partial charge on any atom is -0.493 e. The fraction of sp³-hybridized carbons (Fsp3) is 0.455. The fourth-order valence-corrected chi connectivity index (χ4v) is 1.15. The molecule has 16 heavy (non-hydrogen) atoms. The number of aliphatic hydroxyl groups excluding tert-OH is 1. The van der Waals surface area contributed by atoms with E-state index >= 15 is 0 Å². The molecule has 0 aromatic carbocycles. The molecule has 0 saturated carbocycles. The van der Waals surface area contributed by atoms with Crippen LogP contribution in [0.15, 0.2) is 12.1 Å². The number of hydrogen-bond acceptors (Lipinski definition) is 5. The molecule has 0 unspecified atom stereocenters. The van der Waals surface area contributed by atoms with Crippen molar-refractivity contribution in [3.05, 3.63) is 23.5 Å². The Morgan fingerprint density at radius 2 is 2.25 bits per heavy atom. The lowest BCUT2D eigenvalue weighted by Gasteiger charge is -2.07. The van der Waals surface area contributed by atoms with Gasteiger partial charge in [-0.05, 0) is 6.42 Å². The van der Waals surface area contributed by atoms with Gasteiger partial charge in [0.25, 0.3) is 0 Å². The highest BCUT2D eigenvalue weighted by Crippen LogP contribution is 2.15. The van der Waals surface area contributed by atoms with Crippen LogP contribution < -0.4 is 4.74 Å². The average Bonchev–Trinajstić information content (AvgIpc) is 2.34. The SMILES string of the molecule is CCCOc1cc(CO)nc(C(=O)OC)c1. The minimum atomic E-state index is -0.545. The molecule has 5 nitrogen and oxygen atoms in total. The predicted molar refractivity (Wildman–Crippen MR) is 57.3 cm³/mol. The molecule has 0 atom stereocenters. The lowest BCUT2D eigenvalue weighted by atomic mass is 10.3. The van der Waals surface area contributed by atoms with Crippen molar-refractivity contribution in [2.24, 2.45) is 0 Å². The van der Waals surface area contributed by atoms with Crippen LogP contribution in [0.2, 0.25) is 0 Å². The molecule has 0 fully saturated rings. The summed E-state index contributed by atoms with van der Waals surface area (Å²) in [4.78, 5) is 15.2. The topological polar surface area (TPSA) is 68.7 Å². The normalized spacial score (nSPS) is 9.94. The lowest BCUT2D eigenvalue weighted by Crippen LogP contribution is -2.07. The number of carbonyl (C=O) groups is 1. The van der Waals surface area contributed by atoms with Crippen molar-refractivity contribution in [3.63, 3.8) is 0 Å². The molecule has 0 bridgehead atoms. The maximum atomic E-state index is 11.3. The van der Waals surface area contributed by atoms with Crippen LogP contribution in [0.5, 0.6) is 5.75 Å². The molecular weight excluding hydrogens is 210 g/mol. The van der Waals surface area contributed by atoms with E-state index in [2.05, 4.69) is 9.72 Å². The lowest BCUT2D eigenvalue weighted by molar-refractivity contribution is 0.0592. The molecule has 88 valence electrons. The first-order valence-electron chi connectivity index (χ1n) is 5.04. The Kier molecular flexibility index (Phi) is 4.72. The van der Waals surface area contributed by atoms with Crippen LogP contribution in [0.25, 0.3) is 0 Å². The molecule has 1 aromatic heterocycles. The Labute approximate surface area is 94.0 Å². The molecule has 1 N–H and O–H groups in total. The van der Waals surface area contributed by atoms with Gasteiger partial charge < -0.3 is 14.6 Å². The van der Waals surface area contributed by atoms with E-state index in [9.17, 15) is 4.79 Å². The standard InChI is InChI=1S/C11H15NO4/c1-3-4-16-9-5-8(7-13)12-10(6-9)11(14)15-2/h5-6,13H,3-4,7H2,1-2H3. The van der Waals surface area contributed by atoms with Crippen LogP contribution in [0.3, 0.4) is 0 Å². The zero-order valence-electron chi connectivity index (χ0n) is 9.40. The van der Waals surface area contributed by atoms with Crippen LogP contribution in [-0.2, 0) is 11.3 Å². The number of pyridine rings is 1. The van der Waals surface area contributed by atoms with Gasteiger partial charge in [-0.15, -0.1) is 0 Å². The monoisotopic (exact) mass is 225 g/mol. The minimum absolute atomic E-state index is 0.139. The Balaban J connectivity index is 2.96. The van der Waals surface area contributed by atoms with Crippen molar-refractivity contribution < 1.29 is 19.4 Å². The van der Waals surface area contributed by atoms with Crippen molar-refractivity contribution in [2.45, 2.75) is 20.0 Å². The number of aliphatic hydroxyl groups is 1. The molecule has 0 spiro atoms. The van der Waals surface area contributed by atoms with Gasteiger partial charge in [-0.3, -0.25) is 0 Å². The van der Waals surface area contributed by atoms with E-state index in [-0.39, 0.29) is 12.3 Å². The van der Waals surface area contributed by atoms with E-state index in [0.717, 1.165) is 6.42 Å². The van der Waals surface area contributed by atoms with E-state index in [1.54, 1.807) is 6.07 Å². The first-order valence-corrected chi connectivity index (χ1v) is 5.04. The molecule has 1 rings (SSSR count). The molecule has 5 heteroatoms. The summed E-state index contributed by atoms with van der Waals surface area (Å²) in [7, 11) is 1.28. The molecule has 0 aliphatic carbocycles. The van der Waals surface area contributed by atoms with E-state index in [4.69, 9.17) is 9.84 Å². The van der Waals surface area contributed by atoms with E-state index in [1.165, 1.54) is 13.2 Å². The largest absolute Gasteiger partial charge is 0.493 e. The molecule has 0 radical (unpaired) electrons. The second-order valence-corrected chi connectivity index (χ2v) is 3.18. The third kappa shape index (κ3) is 3.20. The summed E-state index contributed by atoms with van der Waals surface area (Å²) in [6.45, 7) is 2.29. The van der Waals surface area contributed by atoms with Gasteiger partial charge in [0.2, 0.25) is 0 Å². The second kappa shape index (κ2) is 6.07. The van der Waals surface area contributed by atoms with E-state index in [0.29, 0.717) is 18.1 Å². The summed E-state index contributed by atoms with van der Waals surface area (Å²) < 4.78 is 9.93. The molecule has 1 heterocycles. The Morgan fingerprint density at radius 1 is 1.50 bits per heavy atom. The van der Waals surface area contributed by atoms with Gasteiger partial charge in [0.15, 0.2) is 5.69 Å². The third-order valence-electron chi connectivity index (χ3n) is 1.88. The first-order chi connectivity index (χ1) is 7.71. The maximum Gasteiger partial charge on any atom is 0.356 e. The maximum absolute atomic E-state index is 11.3. The van der Waals surface area contributed by atoms with E-state index in [1.807, 2.05) is 6.92 Å². The Hall–Kier alpha value is -1.62. The van der Waals surface area contributed by atoms with Crippen LogP contribution >= 0.6 is 0 Å². The van der Waals surface area contributed by atoms with Gasteiger partial charge in [0.1, 0.15) is 5.75 Å². The van der Waals surface area contributed by atoms with Crippen LogP contribution in [0.1, 0.15) is 29.5 Å². The zero-order chi connectivity index (χ0) is 12.0. The van der Waals surface area contributed by atoms with Crippen molar-refractivity contribution in [3.8, 4) is 5.75 Å². The smallest absolute Gasteiger partial charge is 0.356 e. The van der Waals surface area contributed by atoms with Gasteiger partial charge >= 0.3 is 5.97 Å². The summed E-state index contributed by atoms with van der Waals surface area (Å²) in [6, 6.07) is 3.10. The van der Waals surface area contributed by atoms with Crippen molar-refractivity contribution in [1.82, 2.24) is 4.98 Å². The van der Waals surface area contributed by atoms with E-state index < -0.39 is 5.97 Å². The summed E-state index contributed by atoms with van der Waals surface area (Å²) in [5, 5.41) is 9.00. The van der Waals surface area contributed by atoms with Crippen LogP contribution in [0.4, 0.5) is 0 Å². The molecule has 1 aromatic rings. The number of esters is 1. The fourth-order valence-electron chi connectivity index (χ4n) is 1.15.